The second kappa shape index (κ2) is 4.48. The summed E-state index contributed by atoms with van der Waals surface area (Å²) in [5, 5.41) is 0. The molecule has 0 radical (unpaired) electrons. The molecule has 0 spiro atoms. The van der Waals surface area contributed by atoms with E-state index < -0.39 is 10.0 Å². The van der Waals surface area contributed by atoms with Crippen molar-refractivity contribution in [2.24, 2.45) is 5.41 Å². The van der Waals surface area contributed by atoms with E-state index in [4.69, 9.17) is 0 Å². The number of piperazine rings is 1. The summed E-state index contributed by atoms with van der Waals surface area (Å²) in [5.41, 5.74) is 0.441. The Bertz CT molecular complexity index is 344. The third-order valence-corrected chi connectivity index (χ3v) is 5.63. The lowest BCUT2D eigenvalue weighted by molar-refractivity contribution is 0.164. The average molecular weight is 264 g/mol. The lowest BCUT2D eigenvalue weighted by atomic mass is 10.1. The predicted molar refractivity (Wildman–Crippen MR) is 68.4 cm³/mol. The van der Waals surface area contributed by atoms with Crippen molar-refractivity contribution in [3.05, 3.63) is 0 Å². The summed E-state index contributed by atoms with van der Waals surface area (Å²) in [6, 6.07) is 0. The van der Waals surface area contributed by atoms with E-state index in [1.165, 1.54) is 19.1 Å². The largest absolute Gasteiger partial charge is 0.300 e. The Morgan fingerprint density at radius 3 is 2.12 bits per heavy atom. The molecule has 4 nitrogen and oxygen atoms in total. The van der Waals surface area contributed by atoms with Crippen LogP contribution in [-0.4, -0.2) is 62.4 Å². The molecule has 1 saturated heterocycles. The molecule has 6 heteroatoms. The van der Waals surface area contributed by atoms with Crippen LogP contribution in [0.5, 0.6) is 0 Å². The summed E-state index contributed by atoms with van der Waals surface area (Å²) >= 11 is 4.39. The molecule has 1 aliphatic carbocycles. The normalized spacial score (nSPS) is 26.9. The van der Waals surface area contributed by atoms with Gasteiger partial charge >= 0.3 is 0 Å². The first kappa shape index (κ1) is 12.7. The molecule has 1 aliphatic heterocycles. The standard InChI is InChI=1S/C10H20N2O2S2/c1-16(13,14)12-6-4-11(5-7-12)8-10(9-15)2-3-10/h15H,2-9H2,1H3. The maximum atomic E-state index is 11.3. The van der Waals surface area contributed by atoms with Crippen LogP contribution in [0, 0.1) is 5.41 Å². The summed E-state index contributed by atoms with van der Waals surface area (Å²) in [7, 11) is -2.99. The fourth-order valence-corrected chi connectivity index (χ4v) is 3.48. The highest BCUT2D eigenvalue weighted by Gasteiger charge is 2.43. The van der Waals surface area contributed by atoms with E-state index >= 15 is 0 Å². The van der Waals surface area contributed by atoms with Crippen molar-refractivity contribution in [1.29, 1.82) is 0 Å². The van der Waals surface area contributed by atoms with Crippen LogP contribution >= 0.6 is 12.6 Å². The molecule has 1 heterocycles. The van der Waals surface area contributed by atoms with Crippen LogP contribution in [0.15, 0.2) is 0 Å². The van der Waals surface area contributed by atoms with Crippen molar-refractivity contribution in [2.75, 3.05) is 44.7 Å². The van der Waals surface area contributed by atoms with Gasteiger partial charge < -0.3 is 4.90 Å². The number of rotatable bonds is 4. The molecular formula is C10H20N2O2S2. The van der Waals surface area contributed by atoms with Crippen molar-refractivity contribution in [3.63, 3.8) is 0 Å². The quantitative estimate of drug-likeness (QED) is 0.741. The molecule has 0 aromatic rings. The summed E-state index contributed by atoms with van der Waals surface area (Å²) < 4.78 is 24.3. The number of nitrogens with zero attached hydrogens (tertiary/aromatic N) is 2. The lowest BCUT2D eigenvalue weighted by Gasteiger charge is -2.35. The predicted octanol–water partition coefficient (Wildman–Crippen LogP) is 0.274. The second-order valence-corrected chi connectivity index (χ2v) is 7.39. The molecule has 2 rings (SSSR count). The number of hydrogen-bond acceptors (Lipinski definition) is 4. The monoisotopic (exact) mass is 264 g/mol. The highest BCUT2D eigenvalue weighted by atomic mass is 32.2. The topological polar surface area (TPSA) is 40.6 Å². The third kappa shape index (κ3) is 2.91. The maximum absolute atomic E-state index is 11.3. The summed E-state index contributed by atoms with van der Waals surface area (Å²) in [6.07, 6.45) is 3.85. The molecular weight excluding hydrogens is 244 g/mol. The zero-order valence-electron chi connectivity index (χ0n) is 9.72. The Kier molecular flexibility index (Phi) is 3.55. The van der Waals surface area contributed by atoms with Crippen molar-refractivity contribution in [2.45, 2.75) is 12.8 Å². The van der Waals surface area contributed by atoms with E-state index in [0.29, 0.717) is 18.5 Å². The van der Waals surface area contributed by atoms with Crippen LogP contribution < -0.4 is 0 Å². The van der Waals surface area contributed by atoms with E-state index in [0.717, 1.165) is 25.4 Å². The molecule has 0 amide bonds. The van der Waals surface area contributed by atoms with Crippen LogP contribution in [0.3, 0.4) is 0 Å². The van der Waals surface area contributed by atoms with Crippen molar-refractivity contribution in [3.8, 4) is 0 Å². The molecule has 0 atom stereocenters. The smallest absolute Gasteiger partial charge is 0.211 e. The van der Waals surface area contributed by atoms with Crippen LogP contribution in [0.4, 0.5) is 0 Å². The molecule has 94 valence electrons. The van der Waals surface area contributed by atoms with Gasteiger partial charge in [-0.1, -0.05) is 0 Å². The first-order chi connectivity index (χ1) is 7.45. The Balaban J connectivity index is 1.82. The molecule has 0 bridgehead atoms. The van der Waals surface area contributed by atoms with Crippen LogP contribution in [0.2, 0.25) is 0 Å². The number of thiol groups is 1. The van der Waals surface area contributed by atoms with Gasteiger partial charge in [0.05, 0.1) is 6.26 Å². The first-order valence-electron chi connectivity index (χ1n) is 5.74. The molecule has 16 heavy (non-hydrogen) atoms. The third-order valence-electron chi connectivity index (χ3n) is 3.65. The SMILES string of the molecule is CS(=O)(=O)N1CCN(CC2(CS)CC2)CC1. The zero-order chi connectivity index (χ0) is 11.8. The first-order valence-corrected chi connectivity index (χ1v) is 8.22. The van der Waals surface area contributed by atoms with Crippen LogP contribution in [0.25, 0.3) is 0 Å². The van der Waals surface area contributed by atoms with Gasteiger partial charge in [-0.05, 0) is 24.0 Å². The van der Waals surface area contributed by atoms with Gasteiger partial charge in [-0.15, -0.1) is 0 Å². The van der Waals surface area contributed by atoms with Gasteiger partial charge in [-0.3, -0.25) is 0 Å². The number of hydrogen-bond donors (Lipinski definition) is 1. The fraction of sp³-hybridized carbons (Fsp3) is 1.00. The Morgan fingerprint density at radius 1 is 1.19 bits per heavy atom. The summed E-state index contributed by atoms with van der Waals surface area (Å²) in [5.74, 6) is 0.958. The van der Waals surface area contributed by atoms with Gasteiger partial charge in [-0.25, -0.2) is 8.42 Å². The molecule has 2 aliphatic rings. The summed E-state index contributed by atoms with van der Waals surface area (Å²) in [4.78, 5) is 2.38. The van der Waals surface area contributed by atoms with Gasteiger partial charge in [0.2, 0.25) is 10.0 Å². The molecule has 0 aromatic heterocycles. The molecule has 0 unspecified atom stereocenters. The van der Waals surface area contributed by atoms with Gasteiger partial charge in [0.1, 0.15) is 0 Å². The summed E-state index contributed by atoms with van der Waals surface area (Å²) in [6.45, 7) is 4.10. The van der Waals surface area contributed by atoms with Gasteiger partial charge in [0.15, 0.2) is 0 Å². The van der Waals surface area contributed by atoms with Crippen molar-refractivity contribution < 1.29 is 8.42 Å². The highest BCUT2D eigenvalue weighted by Crippen LogP contribution is 2.47. The molecule has 2 fully saturated rings. The van der Waals surface area contributed by atoms with Crippen molar-refractivity contribution in [1.82, 2.24) is 9.21 Å². The minimum Gasteiger partial charge on any atom is -0.300 e. The highest BCUT2D eigenvalue weighted by molar-refractivity contribution is 7.88. The van der Waals surface area contributed by atoms with E-state index in [1.807, 2.05) is 0 Å². The average Bonchev–Trinajstić information content (AvgIpc) is 2.98. The van der Waals surface area contributed by atoms with E-state index in [1.54, 1.807) is 4.31 Å². The molecule has 0 aromatic carbocycles. The Morgan fingerprint density at radius 2 is 1.75 bits per heavy atom. The zero-order valence-corrected chi connectivity index (χ0v) is 11.4. The minimum atomic E-state index is -2.99. The van der Waals surface area contributed by atoms with E-state index in [2.05, 4.69) is 17.5 Å². The minimum absolute atomic E-state index is 0.441. The van der Waals surface area contributed by atoms with Gasteiger partial charge in [0, 0.05) is 32.7 Å². The Hall–Kier alpha value is 0.220. The van der Waals surface area contributed by atoms with Gasteiger partial charge in [0.25, 0.3) is 0 Å². The Labute approximate surface area is 103 Å². The second-order valence-electron chi connectivity index (χ2n) is 5.10. The van der Waals surface area contributed by atoms with Crippen LogP contribution in [-0.2, 0) is 10.0 Å². The van der Waals surface area contributed by atoms with Gasteiger partial charge in [-0.2, -0.15) is 16.9 Å². The van der Waals surface area contributed by atoms with E-state index in [-0.39, 0.29) is 0 Å². The lowest BCUT2D eigenvalue weighted by Crippen LogP contribution is -2.49. The molecule has 0 N–H and O–H groups in total. The fourth-order valence-electron chi connectivity index (χ4n) is 2.24. The van der Waals surface area contributed by atoms with Crippen molar-refractivity contribution >= 4 is 22.7 Å². The number of sulfonamides is 1. The maximum Gasteiger partial charge on any atom is 0.211 e. The molecule has 1 saturated carbocycles. The van der Waals surface area contributed by atoms with Crippen LogP contribution in [0.1, 0.15) is 12.8 Å². The van der Waals surface area contributed by atoms with E-state index in [9.17, 15) is 8.42 Å².